The Morgan fingerprint density at radius 3 is 2.39 bits per heavy atom. The van der Waals surface area contributed by atoms with Crippen LogP contribution in [0.15, 0.2) is 48.7 Å². The lowest BCUT2D eigenvalue weighted by Gasteiger charge is -2.35. The third-order valence-electron chi connectivity index (χ3n) is 4.90. The first-order valence-electron chi connectivity index (χ1n) is 9.75. The highest BCUT2D eigenvalue weighted by Crippen LogP contribution is 2.15. The number of Topliss-reactive ketones (excluding diaryl/α,β-unsaturated/α-hetero) is 2. The third-order valence-corrected chi connectivity index (χ3v) is 4.90. The van der Waals surface area contributed by atoms with Crippen LogP contribution in [-0.2, 0) is 4.79 Å². The van der Waals surface area contributed by atoms with E-state index in [4.69, 9.17) is 4.74 Å². The number of piperazine rings is 1. The summed E-state index contributed by atoms with van der Waals surface area (Å²) in [4.78, 5) is 32.1. The molecule has 0 bridgehead atoms. The Hall–Kier alpha value is -2.73. The van der Waals surface area contributed by atoms with Gasteiger partial charge in [0.05, 0.1) is 0 Å². The van der Waals surface area contributed by atoms with Crippen molar-refractivity contribution in [3.8, 4) is 5.75 Å². The van der Waals surface area contributed by atoms with Crippen molar-refractivity contribution in [1.82, 2.24) is 9.88 Å². The van der Waals surface area contributed by atoms with Gasteiger partial charge in [-0.25, -0.2) is 4.98 Å². The van der Waals surface area contributed by atoms with Gasteiger partial charge in [0.15, 0.2) is 5.78 Å². The van der Waals surface area contributed by atoms with Crippen molar-refractivity contribution < 1.29 is 14.3 Å². The first kappa shape index (κ1) is 20.0. The summed E-state index contributed by atoms with van der Waals surface area (Å²) in [7, 11) is 0. The summed E-state index contributed by atoms with van der Waals surface area (Å²) < 4.78 is 5.82. The highest BCUT2D eigenvalue weighted by atomic mass is 16.5. The van der Waals surface area contributed by atoms with Crippen molar-refractivity contribution in [1.29, 1.82) is 0 Å². The SMILES string of the molecule is CC(=O)CCC(=O)c1ccc(OCCN2CCN(c3ccccn3)CC2)cc1. The maximum atomic E-state index is 12.0. The summed E-state index contributed by atoms with van der Waals surface area (Å²) in [5.74, 6) is 1.83. The first-order chi connectivity index (χ1) is 13.6. The van der Waals surface area contributed by atoms with Crippen LogP contribution >= 0.6 is 0 Å². The van der Waals surface area contributed by atoms with Crippen LogP contribution in [0.1, 0.15) is 30.1 Å². The molecule has 28 heavy (non-hydrogen) atoms. The van der Waals surface area contributed by atoms with Crippen LogP contribution < -0.4 is 9.64 Å². The molecule has 0 spiro atoms. The molecule has 1 aliphatic rings. The summed E-state index contributed by atoms with van der Waals surface area (Å²) in [6.45, 7) is 6.90. The molecule has 0 aliphatic carbocycles. The Labute approximate surface area is 166 Å². The molecule has 0 unspecified atom stereocenters. The molecule has 2 aromatic rings. The highest BCUT2D eigenvalue weighted by Gasteiger charge is 2.17. The van der Waals surface area contributed by atoms with Crippen molar-refractivity contribution in [3.63, 3.8) is 0 Å². The second kappa shape index (κ2) is 9.99. The molecule has 0 N–H and O–H groups in total. The predicted octanol–water partition coefficient (Wildman–Crippen LogP) is 2.83. The van der Waals surface area contributed by atoms with E-state index in [1.54, 1.807) is 12.1 Å². The molecule has 6 heteroatoms. The van der Waals surface area contributed by atoms with E-state index >= 15 is 0 Å². The maximum absolute atomic E-state index is 12.0. The fourth-order valence-corrected chi connectivity index (χ4v) is 3.20. The molecule has 0 radical (unpaired) electrons. The van der Waals surface area contributed by atoms with Gasteiger partial charge in [0, 0.05) is 57.3 Å². The van der Waals surface area contributed by atoms with Gasteiger partial charge in [-0.1, -0.05) is 6.07 Å². The zero-order valence-electron chi connectivity index (χ0n) is 16.3. The number of rotatable bonds is 9. The molecule has 3 rings (SSSR count). The number of pyridine rings is 1. The summed E-state index contributed by atoms with van der Waals surface area (Å²) in [6, 6.07) is 13.2. The molecule has 2 heterocycles. The summed E-state index contributed by atoms with van der Waals surface area (Å²) in [5.41, 5.74) is 0.624. The molecule has 0 saturated carbocycles. The van der Waals surface area contributed by atoms with Crippen molar-refractivity contribution in [2.24, 2.45) is 0 Å². The maximum Gasteiger partial charge on any atom is 0.163 e. The molecule has 1 fully saturated rings. The molecule has 148 valence electrons. The second-order valence-corrected chi connectivity index (χ2v) is 7.01. The van der Waals surface area contributed by atoms with E-state index in [0.717, 1.165) is 44.3 Å². The minimum Gasteiger partial charge on any atom is -0.492 e. The number of carbonyl (C=O) groups excluding carboxylic acids is 2. The number of hydrogen-bond donors (Lipinski definition) is 0. The van der Waals surface area contributed by atoms with Gasteiger partial charge < -0.3 is 14.4 Å². The minimum absolute atomic E-state index is 0.00692. The average Bonchev–Trinajstić information content (AvgIpc) is 2.73. The fraction of sp³-hybridized carbons (Fsp3) is 0.409. The molecule has 0 amide bonds. The number of benzene rings is 1. The van der Waals surface area contributed by atoms with E-state index in [9.17, 15) is 9.59 Å². The standard InChI is InChI=1S/C22H27N3O3/c1-18(26)5-10-21(27)19-6-8-20(9-7-19)28-17-16-24-12-14-25(15-13-24)22-4-2-3-11-23-22/h2-4,6-9,11H,5,10,12-17H2,1H3. The molecule has 0 atom stereocenters. The minimum atomic E-state index is -0.00692. The van der Waals surface area contributed by atoms with Crippen LogP contribution in [-0.4, -0.2) is 60.8 Å². The number of anilines is 1. The number of aromatic nitrogens is 1. The van der Waals surface area contributed by atoms with Gasteiger partial charge in [-0.05, 0) is 43.3 Å². The third kappa shape index (κ3) is 5.89. The Bertz CT molecular complexity index is 769. The van der Waals surface area contributed by atoms with Crippen LogP contribution in [0.2, 0.25) is 0 Å². The van der Waals surface area contributed by atoms with Crippen LogP contribution in [0.4, 0.5) is 5.82 Å². The number of ether oxygens (including phenoxy) is 1. The predicted molar refractivity (Wildman–Crippen MR) is 109 cm³/mol. The van der Waals surface area contributed by atoms with Gasteiger partial charge in [0.1, 0.15) is 24.0 Å². The normalized spacial score (nSPS) is 14.7. The van der Waals surface area contributed by atoms with Crippen LogP contribution in [0.3, 0.4) is 0 Å². The largest absolute Gasteiger partial charge is 0.492 e. The topological polar surface area (TPSA) is 62.7 Å². The van der Waals surface area contributed by atoms with E-state index in [0.29, 0.717) is 18.6 Å². The Balaban J connectivity index is 1.37. The molecule has 1 aromatic heterocycles. The Morgan fingerprint density at radius 2 is 1.75 bits per heavy atom. The van der Waals surface area contributed by atoms with E-state index in [-0.39, 0.29) is 18.0 Å². The lowest BCUT2D eigenvalue weighted by atomic mass is 10.1. The smallest absolute Gasteiger partial charge is 0.163 e. The first-order valence-corrected chi connectivity index (χ1v) is 9.75. The molecule has 1 aromatic carbocycles. The molecular weight excluding hydrogens is 354 g/mol. The highest BCUT2D eigenvalue weighted by molar-refractivity contribution is 5.98. The van der Waals surface area contributed by atoms with Gasteiger partial charge in [-0.2, -0.15) is 0 Å². The fourth-order valence-electron chi connectivity index (χ4n) is 3.20. The van der Waals surface area contributed by atoms with E-state index in [1.165, 1.54) is 6.92 Å². The van der Waals surface area contributed by atoms with Crippen LogP contribution in [0, 0.1) is 0 Å². The van der Waals surface area contributed by atoms with E-state index < -0.39 is 0 Å². The number of nitrogens with zero attached hydrogens (tertiary/aromatic N) is 3. The molecular formula is C22H27N3O3. The summed E-state index contributed by atoms with van der Waals surface area (Å²) in [5, 5.41) is 0. The number of ketones is 2. The zero-order chi connectivity index (χ0) is 19.8. The van der Waals surface area contributed by atoms with Crippen molar-refractivity contribution in [2.75, 3.05) is 44.2 Å². The van der Waals surface area contributed by atoms with E-state index in [2.05, 4.69) is 14.8 Å². The Morgan fingerprint density at radius 1 is 1.00 bits per heavy atom. The number of carbonyl (C=O) groups is 2. The molecule has 1 saturated heterocycles. The molecule has 6 nitrogen and oxygen atoms in total. The molecule has 1 aliphatic heterocycles. The monoisotopic (exact) mass is 381 g/mol. The zero-order valence-corrected chi connectivity index (χ0v) is 16.3. The quantitative estimate of drug-likeness (QED) is 0.623. The van der Waals surface area contributed by atoms with Crippen molar-refractivity contribution in [2.45, 2.75) is 19.8 Å². The Kier molecular flexibility index (Phi) is 7.14. The lowest BCUT2D eigenvalue weighted by Crippen LogP contribution is -2.47. The number of hydrogen-bond acceptors (Lipinski definition) is 6. The lowest BCUT2D eigenvalue weighted by molar-refractivity contribution is -0.116. The van der Waals surface area contributed by atoms with Gasteiger partial charge in [0.2, 0.25) is 0 Å². The van der Waals surface area contributed by atoms with Crippen molar-refractivity contribution in [3.05, 3.63) is 54.2 Å². The van der Waals surface area contributed by atoms with Crippen molar-refractivity contribution >= 4 is 17.4 Å². The van der Waals surface area contributed by atoms with Gasteiger partial charge in [0.25, 0.3) is 0 Å². The average molecular weight is 381 g/mol. The van der Waals surface area contributed by atoms with E-state index in [1.807, 2.05) is 36.5 Å². The van der Waals surface area contributed by atoms with Gasteiger partial charge in [-0.3, -0.25) is 9.69 Å². The van der Waals surface area contributed by atoms with Crippen LogP contribution in [0.5, 0.6) is 5.75 Å². The summed E-state index contributed by atoms with van der Waals surface area (Å²) >= 11 is 0. The summed E-state index contributed by atoms with van der Waals surface area (Å²) in [6.07, 6.45) is 2.39. The van der Waals surface area contributed by atoms with Crippen LogP contribution in [0.25, 0.3) is 0 Å². The van der Waals surface area contributed by atoms with Gasteiger partial charge >= 0.3 is 0 Å². The second-order valence-electron chi connectivity index (χ2n) is 7.01. The van der Waals surface area contributed by atoms with Gasteiger partial charge in [-0.15, -0.1) is 0 Å².